The molecule has 2 atom stereocenters. The van der Waals surface area contributed by atoms with E-state index in [0.717, 1.165) is 12.8 Å². The first kappa shape index (κ1) is 30.4. The van der Waals surface area contributed by atoms with Gasteiger partial charge in [-0.1, -0.05) is 45.4 Å². The molecular weight excluding hydrogens is 400 g/mol. The number of carboxylic acid groups (broad SMARTS) is 1. The molecule has 0 aliphatic rings. The summed E-state index contributed by atoms with van der Waals surface area (Å²) in [6.45, 7) is 0.481. The van der Waals surface area contributed by atoms with E-state index >= 15 is 0 Å². The molecule has 0 radical (unpaired) electrons. The number of hydrogen-bond donors (Lipinski definition) is 5. The van der Waals surface area contributed by atoms with E-state index in [1.807, 2.05) is 0 Å². The van der Waals surface area contributed by atoms with Crippen molar-refractivity contribution in [3.05, 3.63) is 0 Å². The molecule has 0 aliphatic carbocycles. The fourth-order valence-corrected chi connectivity index (χ4v) is 2.07. The van der Waals surface area contributed by atoms with Gasteiger partial charge >= 0.3 is 17.9 Å². The summed E-state index contributed by atoms with van der Waals surface area (Å²) in [4.78, 5) is 32.2. The number of carboxylic acids is 1. The highest BCUT2D eigenvalue weighted by Gasteiger charge is 2.12. The molecule has 10 nitrogen and oxygen atoms in total. The summed E-state index contributed by atoms with van der Waals surface area (Å²) < 4.78 is 9.09. The Labute approximate surface area is 177 Å². The van der Waals surface area contributed by atoms with Crippen LogP contribution in [0.25, 0.3) is 0 Å². The fraction of sp³-hybridized carbons (Fsp3) is 0.850. The molecule has 0 aromatic carbocycles. The van der Waals surface area contributed by atoms with Crippen LogP contribution in [0.2, 0.25) is 0 Å². The van der Waals surface area contributed by atoms with Gasteiger partial charge in [-0.15, -0.1) is 0 Å². The van der Waals surface area contributed by atoms with E-state index in [1.165, 1.54) is 32.1 Å². The summed E-state index contributed by atoms with van der Waals surface area (Å²) in [7, 11) is 0. The topological polar surface area (TPSA) is 171 Å². The first-order chi connectivity index (χ1) is 14.3. The summed E-state index contributed by atoms with van der Waals surface area (Å²) in [6.07, 6.45) is 5.91. The molecule has 0 saturated carbocycles. The van der Waals surface area contributed by atoms with Crippen LogP contribution >= 0.6 is 0 Å². The monoisotopic (exact) mass is 438 g/mol. The molecule has 0 aromatic rings. The summed E-state index contributed by atoms with van der Waals surface area (Å²) in [5, 5.41) is 43.0. The van der Waals surface area contributed by atoms with Crippen molar-refractivity contribution in [1.82, 2.24) is 0 Å². The molecule has 0 amide bonds. The van der Waals surface area contributed by atoms with Gasteiger partial charge in [0.1, 0.15) is 25.4 Å². The van der Waals surface area contributed by atoms with E-state index < -0.39 is 43.3 Å². The number of carbonyl (C=O) groups is 3. The number of aliphatic hydroxyl groups excluding tert-OH is 4. The molecule has 178 valence electrons. The highest BCUT2D eigenvalue weighted by atomic mass is 16.5. The van der Waals surface area contributed by atoms with Gasteiger partial charge in [-0.05, 0) is 6.42 Å². The largest absolute Gasteiger partial charge is 0.481 e. The van der Waals surface area contributed by atoms with Crippen LogP contribution in [-0.4, -0.2) is 82.1 Å². The Hall–Kier alpha value is -1.75. The summed E-state index contributed by atoms with van der Waals surface area (Å²) >= 11 is 0. The number of hydrogen-bond acceptors (Lipinski definition) is 9. The van der Waals surface area contributed by atoms with E-state index in [2.05, 4.69) is 16.4 Å². The smallest absolute Gasteiger partial charge is 0.306 e. The third-order valence-electron chi connectivity index (χ3n) is 3.82. The average molecular weight is 439 g/mol. The molecule has 0 aromatic heterocycles. The van der Waals surface area contributed by atoms with Gasteiger partial charge in [0, 0.05) is 6.42 Å². The minimum Gasteiger partial charge on any atom is -0.481 e. The highest BCUT2D eigenvalue weighted by molar-refractivity contribution is 5.77. The van der Waals surface area contributed by atoms with E-state index in [1.54, 1.807) is 0 Å². The Morgan fingerprint density at radius 1 is 0.700 bits per heavy atom. The van der Waals surface area contributed by atoms with Crippen molar-refractivity contribution >= 4 is 17.9 Å². The summed E-state index contributed by atoms with van der Waals surface area (Å²) in [5.41, 5.74) is 0. The van der Waals surface area contributed by atoms with Crippen LogP contribution in [0.1, 0.15) is 71.1 Å². The van der Waals surface area contributed by atoms with Gasteiger partial charge in [0.15, 0.2) is 0 Å². The van der Waals surface area contributed by atoms with Crippen molar-refractivity contribution in [2.24, 2.45) is 0 Å². The van der Waals surface area contributed by atoms with Crippen LogP contribution in [0, 0.1) is 0 Å². The lowest BCUT2D eigenvalue weighted by Crippen LogP contribution is -2.23. The molecule has 2 unspecified atom stereocenters. The van der Waals surface area contributed by atoms with Crippen LogP contribution in [0.4, 0.5) is 0 Å². The Kier molecular flexibility index (Phi) is 22.3. The maximum Gasteiger partial charge on any atom is 0.306 e. The number of aliphatic hydroxyl groups is 4. The first-order valence-corrected chi connectivity index (χ1v) is 10.4. The Morgan fingerprint density at radius 2 is 1.10 bits per heavy atom. The molecule has 5 N–H and O–H groups in total. The van der Waals surface area contributed by atoms with Crippen molar-refractivity contribution < 1.29 is 49.4 Å². The van der Waals surface area contributed by atoms with Gasteiger partial charge in [0.25, 0.3) is 0 Å². The Balaban J connectivity index is 0. The quantitative estimate of drug-likeness (QED) is 0.161. The van der Waals surface area contributed by atoms with Gasteiger partial charge in [0.2, 0.25) is 0 Å². The lowest BCUT2D eigenvalue weighted by Gasteiger charge is -2.09. The zero-order valence-corrected chi connectivity index (χ0v) is 17.8. The van der Waals surface area contributed by atoms with E-state index in [0.29, 0.717) is 6.42 Å². The van der Waals surface area contributed by atoms with Gasteiger partial charge in [0.05, 0.1) is 26.1 Å². The molecule has 0 spiro atoms. The van der Waals surface area contributed by atoms with Crippen LogP contribution in [0.3, 0.4) is 0 Å². The molecule has 0 heterocycles. The van der Waals surface area contributed by atoms with Crippen molar-refractivity contribution in [3.63, 3.8) is 0 Å². The second-order valence-corrected chi connectivity index (χ2v) is 6.80. The van der Waals surface area contributed by atoms with Gasteiger partial charge in [-0.2, -0.15) is 0 Å². The van der Waals surface area contributed by atoms with Crippen molar-refractivity contribution in [2.45, 2.75) is 83.3 Å². The minimum absolute atomic E-state index is 0.230. The lowest BCUT2D eigenvalue weighted by molar-refractivity contribution is -0.154. The number of aliphatic carboxylic acids is 1. The molecule has 0 fully saturated rings. The Bertz CT molecular complexity index is 415. The maximum absolute atomic E-state index is 11.1. The second kappa shape index (κ2) is 21.9. The SMILES string of the molecule is CCCCCCCCCC(=O)O.O=C(CCC(=O)OCC(O)CO)OCC(O)CO. The third-order valence-corrected chi connectivity index (χ3v) is 3.82. The van der Waals surface area contributed by atoms with Crippen molar-refractivity contribution in [2.75, 3.05) is 26.4 Å². The van der Waals surface area contributed by atoms with E-state index in [9.17, 15) is 14.4 Å². The van der Waals surface area contributed by atoms with Crippen LogP contribution in [0.15, 0.2) is 0 Å². The zero-order valence-electron chi connectivity index (χ0n) is 17.8. The number of unbranched alkanes of at least 4 members (excludes halogenated alkanes) is 6. The standard InChI is InChI=1S/C10H18O8.C10H20O2/c11-3-7(13)5-17-9(15)1-2-10(16)18-6-8(14)4-12;1-2-3-4-5-6-7-8-9-10(11)12/h7-8,11-14H,1-6H2;2-9H2,1H3,(H,11,12). The van der Waals surface area contributed by atoms with Crippen LogP contribution in [0.5, 0.6) is 0 Å². The average Bonchev–Trinajstić information content (AvgIpc) is 2.73. The fourth-order valence-electron chi connectivity index (χ4n) is 2.07. The molecule has 10 heteroatoms. The number of ether oxygens (including phenoxy) is 2. The summed E-state index contributed by atoms with van der Waals surface area (Å²) in [6, 6.07) is 0. The summed E-state index contributed by atoms with van der Waals surface area (Å²) in [5.74, 6) is -2.08. The molecule has 0 rings (SSSR count). The molecule has 0 saturated heterocycles. The first-order valence-electron chi connectivity index (χ1n) is 10.4. The zero-order chi connectivity index (χ0) is 23.2. The maximum atomic E-state index is 11.1. The minimum atomic E-state index is -1.14. The van der Waals surface area contributed by atoms with Crippen LogP contribution in [-0.2, 0) is 23.9 Å². The molecule has 0 aliphatic heterocycles. The Morgan fingerprint density at radius 3 is 1.47 bits per heavy atom. The highest BCUT2D eigenvalue weighted by Crippen LogP contribution is 2.08. The van der Waals surface area contributed by atoms with Gasteiger partial charge in [-0.3, -0.25) is 14.4 Å². The number of carbonyl (C=O) groups excluding carboxylic acids is 2. The second-order valence-electron chi connectivity index (χ2n) is 6.80. The predicted molar refractivity (Wildman–Crippen MR) is 108 cm³/mol. The molecular formula is C20H38O10. The van der Waals surface area contributed by atoms with Gasteiger partial charge in [-0.25, -0.2) is 0 Å². The molecule has 0 bridgehead atoms. The predicted octanol–water partition coefficient (Wildman–Crippen LogP) is 0.771. The van der Waals surface area contributed by atoms with E-state index in [-0.39, 0.29) is 26.1 Å². The van der Waals surface area contributed by atoms with Crippen molar-refractivity contribution in [1.29, 1.82) is 0 Å². The molecule has 30 heavy (non-hydrogen) atoms. The third kappa shape index (κ3) is 24.3. The number of esters is 2. The number of rotatable bonds is 17. The van der Waals surface area contributed by atoms with Crippen molar-refractivity contribution in [3.8, 4) is 0 Å². The van der Waals surface area contributed by atoms with Crippen LogP contribution < -0.4 is 0 Å². The van der Waals surface area contributed by atoms with Gasteiger partial charge < -0.3 is 35.0 Å². The van der Waals surface area contributed by atoms with E-state index in [4.69, 9.17) is 25.5 Å². The normalized spacial score (nSPS) is 12.3. The lowest BCUT2D eigenvalue weighted by atomic mass is 10.1.